The van der Waals surface area contributed by atoms with Crippen molar-refractivity contribution in [2.45, 2.75) is 19.4 Å². The Morgan fingerprint density at radius 2 is 1.90 bits per heavy atom. The monoisotopic (exact) mass is 403 g/mol. The lowest BCUT2D eigenvalue weighted by Crippen LogP contribution is -2.24. The molecule has 0 heterocycles. The summed E-state index contributed by atoms with van der Waals surface area (Å²) in [5.41, 5.74) is 1.71. The summed E-state index contributed by atoms with van der Waals surface area (Å²) in [5.74, 6) is -0.256. The first-order chi connectivity index (χ1) is 9.61. The highest BCUT2D eigenvalue weighted by molar-refractivity contribution is 14.1. The lowest BCUT2D eigenvalue weighted by molar-refractivity contribution is 0.510. The Morgan fingerprint density at radius 3 is 2.50 bits per heavy atom. The minimum Gasteiger partial charge on any atom is -0.310 e. The summed E-state index contributed by atoms with van der Waals surface area (Å²) >= 11 is 8.44. The number of hydrogen-bond acceptors (Lipinski definition) is 1. The van der Waals surface area contributed by atoms with E-state index < -0.39 is 0 Å². The molecule has 0 aliphatic carbocycles. The molecule has 20 heavy (non-hydrogen) atoms. The van der Waals surface area contributed by atoms with Crippen molar-refractivity contribution < 1.29 is 4.39 Å². The van der Waals surface area contributed by atoms with Crippen LogP contribution in [0.1, 0.15) is 24.1 Å². The summed E-state index contributed by atoms with van der Waals surface area (Å²) in [6.07, 6.45) is 0.714. The molecule has 4 heteroatoms. The summed E-state index contributed by atoms with van der Waals surface area (Å²) in [4.78, 5) is 0. The van der Waals surface area contributed by atoms with Gasteiger partial charge >= 0.3 is 0 Å². The Morgan fingerprint density at radius 1 is 1.20 bits per heavy atom. The fourth-order valence-corrected chi connectivity index (χ4v) is 2.88. The van der Waals surface area contributed by atoms with Crippen LogP contribution in [-0.2, 0) is 6.42 Å². The van der Waals surface area contributed by atoms with E-state index in [1.807, 2.05) is 6.92 Å². The van der Waals surface area contributed by atoms with Gasteiger partial charge in [-0.25, -0.2) is 4.39 Å². The fraction of sp³-hybridized carbons (Fsp3) is 0.250. The van der Waals surface area contributed by atoms with Crippen molar-refractivity contribution in [1.29, 1.82) is 0 Å². The molecule has 1 N–H and O–H groups in total. The summed E-state index contributed by atoms with van der Waals surface area (Å²) in [5, 5.41) is 3.79. The average Bonchev–Trinajstić information content (AvgIpc) is 2.41. The molecule has 1 unspecified atom stereocenters. The summed E-state index contributed by atoms with van der Waals surface area (Å²) in [6.45, 7) is 2.77. The highest BCUT2D eigenvalue weighted by atomic mass is 127. The largest absolute Gasteiger partial charge is 0.310 e. The van der Waals surface area contributed by atoms with Gasteiger partial charge in [0.2, 0.25) is 0 Å². The maximum Gasteiger partial charge on any atom is 0.129 e. The van der Waals surface area contributed by atoms with Gasteiger partial charge in [-0.1, -0.05) is 36.7 Å². The van der Waals surface area contributed by atoms with E-state index >= 15 is 0 Å². The minimum absolute atomic E-state index is 0.117. The summed E-state index contributed by atoms with van der Waals surface area (Å²) in [6, 6.07) is 13.0. The molecule has 0 aromatic heterocycles. The Labute approximate surface area is 137 Å². The number of halogens is 3. The molecule has 0 saturated carbocycles. The van der Waals surface area contributed by atoms with Crippen molar-refractivity contribution in [3.8, 4) is 0 Å². The molecule has 0 aliphatic heterocycles. The van der Waals surface area contributed by atoms with Crippen LogP contribution in [0.5, 0.6) is 0 Å². The fourth-order valence-electron chi connectivity index (χ4n) is 2.22. The van der Waals surface area contributed by atoms with Crippen LogP contribution in [0.2, 0.25) is 5.02 Å². The number of hydrogen-bond donors (Lipinski definition) is 1. The smallest absolute Gasteiger partial charge is 0.129 e. The number of benzene rings is 2. The third kappa shape index (κ3) is 3.93. The average molecular weight is 404 g/mol. The van der Waals surface area contributed by atoms with E-state index in [1.165, 1.54) is 9.64 Å². The Balaban J connectivity index is 2.29. The van der Waals surface area contributed by atoms with Crippen LogP contribution in [0.15, 0.2) is 42.5 Å². The van der Waals surface area contributed by atoms with Gasteiger partial charge in [0.25, 0.3) is 0 Å². The van der Waals surface area contributed by atoms with E-state index in [4.69, 9.17) is 11.6 Å². The minimum atomic E-state index is -0.256. The van der Waals surface area contributed by atoms with Gasteiger partial charge in [0.1, 0.15) is 5.82 Å². The van der Waals surface area contributed by atoms with E-state index in [0.717, 1.165) is 12.1 Å². The normalized spacial score (nSPS) is 12.4. The maximum atomic E-state index is 14.1. The van der Waals surface area contributed by atoms with Gasteiger partial charge in [0.15, 0.2) is 0 Å². The standard InChI is InChI=1S/C16H16ClFIN/c1-2-20-15(10-11-6-8-12(19)9-7-11)16-13(17)4-3-5-14(16)18/h3-9,15,20H,2,10H2,1H3. The van der Waals surface area contributed by atoms with E-state index in [1.54, 1.807) is 12.1 Å². The molecular weight excluding hydrogens is 388 g/mol. The second-order valence-electron chi connectivity index (χ2n) is 4.58. The highest BCUT2D eigenvalue weighted by Gasteiger charge is 2.18. The van der Waals surface area contributed by atoms with Crippen molar-refractivity contribution >= 4 is 34.2 Å². The molecule has 0 spiro atoms. The Bertz CT molecular complexity index is 551. The summed E-state index contributed by atoms with van der Waals surface area (Å²) < 4.78 is 15.3. The molecular formula is C16H16ClFIN. The molecule has 0 aliphatic rings. The van der Waals surface area contributed by atoms with E-state index in [2.05, 4.69) is 52.2 Å². The number of likely N-dealkylation sites (N-methyl/N-ethyl adjacent to an activating group) is 1. The van der Waals surface area contributed by atoms with Crippen molar-refractivity contribution in [3.63, 3.8) is 0 Å². The van der Waals surface area contributed by atoms with Crippen LogP contribution in [0, 0.1) is 9.39 Å². The predicted molar refractivity (Wildman–Crippen MR) is 90.7 cm³/mol. The van der Waals surface area contributed by atoms with Gasteiger partial charge in [-0.15, -0.1) is 0 Å². The molecule has 0 fully saturated rings. The zero-order valence-corrected chi connectivity index (χ0v) is 14.1. The predicted octanol–water partition coefficient (Wildman–Crippen LogP) is 4.98. The van der Waals surface area contributed by atoms with Crippen molar-refractivity contribution in [2.75, 3.05) is 6.54 Å². The van der Waals surface area contributed by atoms with Gasteiger partial charge in [-0.05, 0) is 65.4 Å². The van der Waals surface area contributed by atoms with Crippen LogP contribution in [-0.4, -0.2) is 6.54 Å². The van der Waals surface area contributed by atoms with Gasteiger partial charge in [0.05, 0.1) is 0 Å². The van der Waals surface area contributed by atoms with Gasteiger partial charge in [-0.2, -0.15) is 0 Å². The Kier molecular flexibility index (Phi) is 5.81. The zero-order chi connectivity index (χ0) is 14.5. The molecule has 2 aromatic rings. The third-order valence-electron chi connectivity index (χ3n) is 3.15. The van der Waals surface area contributed by atoms with E-state index in [9.17, 15) is 4.39 Å². The summed E-state index contributed by atoms with van der Waals surface area (Å²) in [7, 11) is 0. The Hall–Kier alpha value is -0.650. The molecule has 0 bridgehead atoms. The molecule has 1 nitrogen and oxygen atoms in total. The van der Waals surface area contributed by atoms with Gasteiger partial charge < -0.3 is 5.32 Å². The van der Waals surface area contributed by atoms with Crippen LogP contribution in [0.3, 0.4) is 0 Å². The lowest BCUT2D eigenvalue weighted by Gasteiger charge is -2.20. The molecule has 1 atom stereocenters. The van der Waals surface area contributed by atoms with Crippen LogP contribution in [0.4, 0.5) is 4.39 Å². The second-order valence-corrected chi connectivity index (χ2v) is 6.23. The molecule has 0 saturated heterocycles. The van der Waals surface area contributed by atoms with Crippen LogP contribution in [0.25, 0.3) is 0 Å². The quantitative estimate of drug-likeness (QED) is 0.695. The lowest BCUT2D eigenvalue weighted by atomic mass is 9.98. The number of rotatable bonds is 5. The second kappa shape index (κ2) is 7.38. The van der Waals surface area contributed by atoms with Gasteiger partial charge in [-0.3, -0.25) is 0 Å². The van der Waals surface area contributed by atoms with Crippen molar-refractivity contribution in [2.24, 2.45) is 0 Å². The number of nitrogens with one attached hydrogen (secondary N) is 1. The SMILES string of the molecule is CCNC(Cc1ccc(I)cc1)c1c(F)cccc1Cl. The van der Waals surface area contributed by atoms with E-state index in [-0.39, 0.29) is 11.9 Å². The first-order valence-electron chi connectivity index (χ1n) is 6.53. The zero-order valence-electron chi connectivity index (χ0n) is 11.2. The van der Waals surface area contributed by atoms with Crippen molar-refractivity contribution in [1.82, 2.24) is 5.32 Å². The molecule has 0 amide bonds. The third-order valence-corrected chi connectivity index (χ3v) is 4.20. The molecule has 106 valence electrons. The van der Waals surface area contributed by atoms with E-state index in [0.29, 0.717) is 17.0 Å². The van der Waals surface area contributed by atoms with Crippen molar-refractivity contribution in [3.05, 3.63) is 68.0 Å². The van der Waals surface area contributed by atoms with Crippen LogP contribution < -0.4 is 5.32 Å². The molecule has 0 radical (unpaired) electrons. The molecule has 2 rings (SSSR count). The van der Waals surface area contributed by atoms with Gasteiger partial charge in [0, 0.05) is 20.2 Å². The molecule has 2 aromatic carbocycles. The topological polar surface area (TPSA) is 12.0 Å². The van der Waals surface area contributed by atoms with Crippen LogP contribution >= 0.6 is 34.2 Å². The first kappa shape index (κ1) is 15.7. The maximum absolute atomic E-state index is 14.1. The first-order valence-corrected chi connectivity index (χ1v) is 7.99. The highest BCUT2D eigenvalue weighted by Crippen LogP contribution is 2.28.